The molecule has 5 nitrogen and oxygen atoms in total. The molecule has 0 saturated heterocycles. The average molecular weight is 320 g/mol. The van der Waals surface area contributed by atoms with Crippen LogP contribution in [0.4, 0.5) is 9.18 Å². The Bertz CT molecular complexity index is 748. The van der Waals surface area contributed by atoms with Crippen LogP contribution in [-0.4, -0.2) is 34.9 Å². The molecule has 1 N–H and O–H groups in total. The summed E-state index contributed by atoms with van der Waals surface area (Å²) in [4.78, 5) is 28.2. The van der Waals surface area contributed by atoms with E-state index >= 15 is 0 Å². The molecular weight excluding hydrogens is 299 g/mol. The minimum Gasteiger partial charge on any atom is -0.444 e. The second kappa shape index (κ2) is 5.68. The molecule has 0 fully saturated rings. The van der Waals surface area contributed by atoms with Crippen molar-refractivity contribution in [3.05, 3.63) is 35.8 Å². The molecule has 0 radical (unpaired) electrons. The number of hydrogen-bond acceptors (Lipinski definition) is 3. The fourth-order valence-corrected chi connectivity index (χ4v) is 2.38. The van der Waals surface area contributed by atoms with Crippen LogP contribution in [0.15, 0.2) is 24.4 Å². The highest BCUT2D eigenvalue weighted by molar-refractivity contribution is 5.90. The van der Waals surface area contributed by atoms with Gasteiger partial charge in [-0.15, -0.1) is 0 Å². The number of aromatic amines is 1. The van der Waals surface area contributed by atoms with Gasteiger partial charge in [0.25, 0.3) is 0 Å². The Balaban J connectivity index is 2.51. The molecule has 1 unspecified atom stereocenters. The highest BCUT2D eigenvalue weighted by Crippen LogP contribution is 2.33. The number of nitrogens with one attached hydrogen (secondary N) is 1. The van der Waals surface area contributed by atoms with Crippen LogP contribution in [0.3, 0.4) is 0 Å². The number of benzene rings is 1. The van der Waals surface area contributed by atoms with Gasteiger partial charge in [0.05, 0.1) is 0 Å². The summed E-state index contributed by atoms with van der Waals surface area (Å²) in [5.74, 6) is -0.454. The number of likely N-dealkylation sites (N-methyl/N-ethyl adjacent to an activating group) is 1. The summed E-state index contributed by atoms with van der Waals surface area (Å²) in [5.41, 5.74) is -1.11. The Hall–Kier alpha value is -2.37. The highest BCUT2D eigenvalue weighted by Gasteiger charge is 2.39. The summed E-state index contributed by atoms with van der Waals surface area (Å²) in [7, 11) is 1.46. The SMILES string of the molecule is CN(C(=O)OC(C)(C)C)C(C)(C=O)c1c[nH]c2cccc(F)c12. The summed E-state index contributed by atoms with van der Waals surface area (Å²) in [5, 5.41) is 0.289. The van der Waals surface area contributed by atoms with Gasteiger partial charge in [0.15, 0.2) is 0 Å². The Kier molecular flexibility index (Phi) is 4.20. The van der Waals surface area contributed by atoms with Crippen LogP contribution in [0.5, 0.6) is 0 Å². The number of aldehydes is 1. The van der Waals surface area contributed by atoms with Gasteiger partial charge in [0.1, 0.15) is 23.2 Å². The third-order valence-electron chi connectivity index (χ3n) is 3.79. The van der Waals surface area contributed by atoms with E-state index in [4.69, 9.17) is 4.74 Å². The smallest absolute Gasteiger partial charge is 0.411 e. The third kappa shape index (κ3) is 3.06. The van der Waals surface area contributed by atoms with Crippen LogP contribution in [-0.2, 0) is 15.1 Å². The van der Waals surface area contributed by atoms with Crippen molar-refractivity contribution >= 4 is 23.3 Å². The number of nitrogens with zero attached hydrogens (tertiary/aromatic N) is 1. The van der Waals surface area contributed by atoms with E-state index in [-0.39, 0.29) is 5.39 Å². The fourth-order valence-electron chi connectivity index (χ4n) is 2.38. The first kappa shape index (κ1) is 17.0. The van der Waals surface area contributed by atoms with Gasteiger partial charge in [-0.05, 0) is 39.8 Å². The minimum atomic E-state index is -1.36. The van der Waals surface area contributed by atoms with Gasteiger partial charge in [-0.2, -0.15) is 0 Å². The first-order chi connectivity index (χ1) is 10.6. The topological polar surface area (TPSA) is 62.4 Å². The quantitative estimate of drug-likeness (QED) is 0.879. The van der Waals surface area contributed by atoms with Gasteiger partial charge < -0.3 is 14.5 Å². The molecule has 0 saturated carbocycles. The van der Waals surface area contributed by atoms with Crippen molar-refractivity contribution in [1.29, 1.82) is 0 Å². The van der Waals surface area contributed by atoms with E-state index in [1.807, 2.05) is 0 Å². The number of halogens is 1. The van der Waals surface area contributed by atoms with E-state index in [1.54, 1.807) is 46.0 Å². The molecule has 6 heteroatoms. The Morgan fingerprint density at radius 3 is 2.52 bits per heavy atom. The predicted octanol–water partition coefficient (Wildman–Crippen LogP) is 3.59. The van der Waals surface area contributed by atoms with Gasteiger partial charge in [-0.1, -0.05) is 6.07 Å². The molecule has 124 valence electrons. The lowest BCUT2D eigenvalue weighted by atomic mass is 9.91. The maximum absolute atomic E-state index is 14.2. The maximum atomic E-state index is 14.2. The van der Waals surface area contributed by atoms with Gasteiger partial charge in [-0.25, -0.2) is 9.18 Å². The zero-order valence-corrected chi connectivity index (χ0v) is 13.9. The molecule has 1 amide bonds. The molecule has 1 aromatic carbocycles. The Morgan fingerprint density at radius 2 is 1.96 bits per heavy atom. The predicted molar refractivity (Wildman–Crippen MR) is 85.7 cm³/mol. The van der Waals surface area contributed by atoms with Crippen molar-refractivity contribution in [3.8, 4) is 0 Å². The summed E-state index contributed by atoms with van der Waals surface area (Å²) < 4.78 is 19.5. The largest absolute Gasteiger partial charge is 0.444 e. The van der Waals surface area contributed by atoms with E-state index < -0.39 is 23.1 Å². The number of aromatic nitrogens is 1. The second-order valence-electron chi connectivity index (χ2n) is 6.67. The molecule has 1 aromatic heterocycles. The van der Waals surface area contributed by atoms with Gasteiger partial charge in [0, 0.05) is 29.7 Å². The van der Waals surface area contributed by atoms with Crippen LogP contribution in [0.25, 0.3) is 10.9 Å². The van der Waals surface area contributed by atoms with Crippen molar-refractivity contribution in [2.45, 2.75) is 38.8 Å². The normalized spacial score (nSPS) is 14.3. The van der Waals surface area contributed by atoms with E-state index in [0.717, 1.165) is 0 Å². The number of carbonyl (C=O) groups excluding carboxylic acids is 2. The van der Waals surface area contributed by atoms with Crippen LogP contribution < -0.4 is 0 Å². The molecule has 1 atom stereocenters. The summed E-state index contributed by atoms with van der Waals surface area (Å²) in [6, 6.07) is 4.60. The zero-order chi connectivity index (χ0) is 17.4. The van der Waals surface area contributed by atoms with Crippen molar-refractivity contribution in [2.75, 3.05) is 7.05 Å². The molecular formula is C17H21FN2O3. The van der Waals surface area contributed by atoms with Crippen LogP contribution in [0.2, 0.25) is 0 Å². The van der Waals surface area contributed by atoms with Gasteiger partial charge in [-0.3, -0.25) is 4.90 Å². The van der Waals surface area contributed by atoms with Crippen LogP contribution >= 0.6 is 0 Å². The van der Waals surface area contributed by atoms with E-state index in [1.165, 1.54) is 18.0 Å². The average Bonchev–Trinajstić information content (AvgIpc) is 2.89. The van der Waals surface area contributed by atoms with E-state index in [9.17, 15) is 14.0 Å². The van der Waals surface area contributed by atoms with Crippen molar-refractivity contribution < 1.29 is 18.7 Å². The highest BCUT2D eigenvalue weighted by atomic mass is 19.1. The second-order valence-corrected chi connectivity index (χ2v) is 6.67. The Morgan fingerprint density at radius 1 is 1.30 bits per heavy atom. The standard InChI is InChI=1S/C17H21FN2O3/c1-16(2,3)23-15(22)20(5)17(4,10-21)11-9-19-13-8-6-7-12(18)14(11)13/h6-10,19H,1-5H3. The molecule has 0 aliphatic carbocycles. The molecule has 0 spiro atoms. The number of hydrogen-bond donors (Lipinski definition) is 1. The lowest BCUT2D eigenvalue weighted by Gasteiger charge is -2.35. The minimum absolute atomic E-state index is 0.289. The molecule has 0 bridgehead atoms. The Labute approximate surface area is 134 Å². The molecule has 23 heavy (non-hydrogen) atoms. The summed E-state index contributed by atoms with van der Waals surface area (Å²) in [6.07, 6.45) is 1.51. The lowest BCUT2D eigenvalue weighted by Crippen LogP contribution is -2.48. The lowest BCUT2D eigenvalue weighted by molar-refractivity contribution is -0.117. The number of H-pyrrole nitrogens is 1. The van der Waals surface area contributed by atoms with Crippen molar-refractivity contribution in [3.63, 3.8) is 0 Å². The summed E-state index contributed by atoms with van der Waals surface area (Å²) in [6.45, 7) is 6.77. The van der Waals surface area contributed by atoms with Crippen molar-refractivity contribution in [2.24, 2.45) is 0 Å². The molecule has 2 aromatic rings. The van der Waals surface area contributed by atoms with Crippen molar-refractivity contribution in [1.82, 2.24) is 9.88 Å². The van der Waals surface area contributed by atoms with E-state index in [2.05, 4.69) is 4.98 Å². The number of amides is 1. The monoisotopic (exact) mass is 320 g/mol. The maximum Gasteiger partial charge on any atom is 0.411 e. The number of rotatable bonds is 3. The first-order valence-corrected chi connectivity index (χ1v) is 7.29. The molecule has 0 aliphatic heterocycles. The fraction of sp³-hybridized carbons (Fsp3) is 0.412. The molecule has 0 aliphatic rings. The zero-order valence-electron chi connectivity index (χ0n) is 13.9. The third-order valence-corrected chi connectivity index (χ3v) is 3.79. The van der Waals surface area contributed by atoms with Crippen LogP contribution in [0, 0.1) is 5.82 Å². The number of ether oxygens (including phenoxy) is 1. The van der Waals surface area contributed by atoms with Crippen LogP contribution in [0.1, 0.15) is 33.3 Å². The summed E-state index contributed by atoms with van der Waals surface area (Å²) >= 11 is 0. The van der Waals surface area contributed by atoms with Gasteiger partial charge in [0.2, 0.25) is 0 Å². The molecule has 1 heterocycles. The number of fused-ring (bicyclic) bond motifs is 1. The van der Waals surface area contributed by atoms with Gasteiger partial charge >= 0.3 is 6.09 Å². The first-order valence-electron chi connectivity index (χ1n) is 7.29. The number of carbonyl (C=O) groups is 2. The van der Waals surface area contributed by atoms with E-state index in [0.29, 0.717) is 17.4 Å². The molecule has 2 rings (SSSR count).